The largest absolute Gasteiger partial charge is 0.417 e. The molecule has 6 heteroatoms. The first-order valence-corrected chi connectivity index (χ1v) is 6.55. The predicted octanol–water partition coefficient (Wildman–Crippen LogP) is 2.53. The van der Waals surface area contributed by atoms with E-state index in [4.69, 9.17) is 0 Å². The van der Waals surface area contributed by atoms with Gasteiger partial charge in [0.25, 0.3) is 5.91 Å². The van der Waals surface area contributed by atoms with Gasteiger partial charge in [0.15, 0.2) is 0 Å². The zero-order valence-corrected chi connectivity index (χ0v) is 11.2. The second kappa shape index (κ2) is 5.83. The minimum Gasteiger partial charge on any atom is -0.337 e. The average Bonchev–Trinajstić information content (AvgIpc) is 2.46. The van der Waals surface area contributed by atoms with Crippen LogP contribution in [0.15, 0.2) is 24.3 Å². The molecule has 1 aliphatic rings. The highest BCUT2D eigenvalue weighted by atomic mass is 19.4. The maximum atomic E-state index is 12.9. The lowest BCUT2D eigenvalue weighted by Gasteiger charge is -2.32. The number of halogens is 3. The summed E-state index contributed by atoms with van der Waals surface area (Å²) >= 11 is 0. The summed E-state index contributed by atoms with van der Waals surface area (Å²) in [6, 6.07) is 4.87. The van der Waals surface area contributed by atoms with Gasteiger partial charge in [-0.1, -0.05) is 12.1 Å². The normalized spacial score (nSPS) is 19.7. The van der Waals surface area contributed by atoms with Gasteiger partial charge in [0.05, 0.1) is 11.1 Å². The van der Waals surface area contributed by atoms with Gasteiger partial charge < -0.3 is 10.2 Å². The van der Waals surface area contributed by atoms with Gasteiger partial charge in [0.1, 0.15) is 0 Å². The van der Waals surface area contributed by atoms with Crippen molar-refractivity contribution in [2.75, 3.05) is 20.1 Å². The van der Waals surface area contributed by atoms with Crippen molar-refractivity contribution in [3.63, 3.8) is 0 Å². The number of hydrogen-bond donors (Lipinski definition) is 1. The van der Waals surface area contributed by atoms with Crippen LogP contribution < -0.4 is 5.32 Å². The van der Waals surface area contributed by atoms with E-state index in [9.17, 15) is 18.0 Å². The second-order valence-electron chi connectivity index (χ2n) is 4.96. The van der Waals surface area contributed by atoms with Crippen molar-refractivity contribution < 1.29 is 18.0 Å². The van der Waals surface area contributed by atoms with Crippen LogP contribution in [0.2, 0.25) is 0 Å². The molecule has 1 saturated heterocycles. The Labute approximate surface area is 115 Å². The Morgan fingerprint density at radius 1 is 1.35 bits per heavy atom. The van der Waals surface area contributed by atoms with Gasteiger partial charge in [-0.05, 0) is 31.5 Å². The van der Waals surface area contributed by atoms with E-state index < -0.39 is 17.6 Å². The van der Waals surface area contributed by atoms with Gasteiger partial charge in [-0.2, -0.15) is 13.2 Å². The molecule has 1 unspecified atom stereocenters. The number of carbonyl (C=O) groups is 1. The van der Waals surface area contributed by atoms with Gasteiger partial charge in [-0.3, -0.25) is 4.79 Å². The van der Waals surface area contributed by atoms with Crippen LogP contribution in [0.1, 0.15) is 28.8 Å². The van der Waals surface area contributed by atoms with Crippen molar-refractivity contribution >= 4 is 5.91 Å². The standard InChI is InChI=1S/C14H17F3N2O/c1-19(10-5-4-8-18-9-10)13(20)11-6-2-3-7-12(11)14(15,16)17/h2-3,6-7,10,18H,4-5,8-9H2,1H3. The molecule has 1 aliphatic heterocycles. The van der Waals surface area contributed by atoms with Crippen LogP contribution in [0.4, 0.5) is 13.2 Å². The monoisotopic (exact) mass is 286 g/mol. The summed E-state index contributed by atoms with van der Waals surface area (Å²) in [5, 5.41) is 3.15. The predicted molar refractivity (Wildman–Crippen MR) is 69.4 cm³/mol. The van der Waals surface area contributed by atoms with Crippen LogP contribution >= 0.6 is 0 Å². The van der Waals surface area contributed by atoms with Gasteiger partial charge in [0, 0.05) is 19.6 Å². The summed E-state index contributed by atoms with van der Waals surface area (Å²) in [5.41, 5.74) is -1.16. The molecule has 0 bridgehead atoms. The van der Waals surface area contributed by atoms with Gasteiger partial charge in [-0.15, -0.1) is 0 Å². The Bertz CT molecular complexity index is 482. The number of nitrogens with zero attached hydrogens (tertiary/aromatic N) is 1. The minimum absolute atomic E-state index is 0.0578. The molecule has 20 heavy (non-hydrogen) atoms. The number of benzene rings is 1. The van der Waals surface area contributed by atoms with Crippen LogP contribution in [0.3, 0.4) is 0 Å². The Balaban J connectivity index is 2.24. The van der Waals surface area contributed by atoms with Crippen LogP contribution in [0.5, 0.6) is 0 Å². The van der Waals surface area contributed by atoms with Crippen molar-refractivity contribution in [2.24, 2.45) is 0 Å². The number of rotatable bonds is 2. The first-order valence-electron chi connectivity index (χ1n) is 6.55. The maximum Gasteiger partial charge on any atom is 0.417 e. The van der Waals surface area contributed by atoms with E-state index in [2.05, 4.69) is 5.32 Å². The van der Waals surface area contributed by atoms with Crippen LogP contribution in [0.25, 0.3) is 0 Å². The molecule has 110 valence electrons. The van der Waals surface area contributed by atoms with E-state index in [0.29, 0.717) is 6.54 Å². The molecular formula is C14H17F3N2O. The summed E-state index contributed by atoms with van der Waals surface area (Å²) in [5.74, 6) is -0.577. The molecule has 1 aromatic carbocycles. The van der Waals surface area contributed by atoms with Crippen molar-refractivity contribution in [1.29, 1.82) is 0 Å². The van der Waals surface area contributed by atoms with Crippen molar-refractivity contribution in [3.05, 3.63) is 35.4 Å². The molecule has 1 aromatic rings. The molecule has 0 aliphatic carbocycles. The Hall–Kier alpha value is -1.56. The molecule has 1 atom stereocenters. The minimum atomic E-state index is -4.52. The van der Waals surface area contributed by atoms with E-state index in [1.807, 2.05) is 0 Å². The van der Waals surface area contributed by atoms with Crippen molar-refractivity contribution in [2.45, 2.75) is 25.1 Å². The lowest BCUT2D eigenvalue weighted by molar-refractivity contribution is -0.138. The summed E-state index contributed by atoms with van der Waals surface area (Å²) < 4.78 is 38.8. The highest BCUT2D eigenvalue weighted by molar-refractivity contribution is 5.96. The molecule has 0 spiro atoms. The Morgan fingerprint density at radius 3 is 2.65 bits per heavy atom. The highest BCUT2D eigenvalue weighted by Gasteiger charge is 2.36. The number of carbonyl (C=O) groups excluding carboxylic acids is 1. The molecule has 1 N–H and O–H groups in total. The number of piperidine rings is 1. The van der Waals surface area contributed by atoms with Gasteiger partial charge in [-0.25, -0.2) is 0 Å². The topological polar surface area (TPSA) is 32.3 Å². The number of nitrogens with one attached hydrogen (secondary N) is 1. The third kappa shape index (κ3) is 3.12. The smallest absolute Gasteiger partial charge is 0.337 e. The molecule has 3 nitrogen and oxygen atoms in total. The number of amides is 1. The van der Waals surface area contributed by atoms with E-state index in [1.54, 1.807) is 7.05 Å². The molecule has 0 radical (unpaired) electrons. The number of likely N-dealkylation sites (N-methyl/N-ethyl adjacent to an activating group) is 1. The summed E-state index contributed by atoms with van der Waals surface area (Å²) in [6.07, 6.45) is -2.79. The van der Waals surface area contributed by atoms with Crippen LogP contribution in [-0.4, -0.2) is 37.0 Å². The molecule has 0 saturated carbocycles. The summed E-state index contributed by atoms with van der Waals surface area (Å²) in [6.45, 7) is 1.51. The fourth-order valence-electron chi connectivity index (χ4n) is 2.44. The average molecular weight is 286 g/mol. The lowest BCUT2D eigenvalue weighted by atomic mass is 10.0. The SMILES string of the molecule is CN(C(=O)c1ccccc1C(F)(F)F)C1CCCNC1. The van der Waals surface area contributed by atoms with Crippen molar-refractivity contribution in [3.8, 4) is 0 Å². The third-order valence-electron chi connectivity index (χ3n) is 3.60. The van der Waals surface area contributed by atoms with E-state index in [1.165, 1.54) is 23.1 Å². The van der Waals surface area contributed by atoms with E-state index in [-0.39, 0.29) is 11.6 Å². The fraction of sp³-hybridized carbons (Fsp3) is 0.500. The molecule has 2 rings (SSSR count). The fourth-order valence-corrected chi connectivity index (χ4v) is 2.44. The van der Waals surface area contributed by atoms with Gasteiger partial charge >= 0.3 is 6.18 Å². The first-order chi connectivity index (χ1) is 9.41. The highest BCUT2D eigenvalue weighted by Crippen LogP contribution is 2.32. The van der Waals surface area contributed by atoms with Gasteiger partial charge in [0.2, 0.25) is 0 Å². The number of alkyl halides is 3. The summed E-state index contributed by atoms with van der Waals surface area (Å²) in [7, 11) is 1.56. The van der Waals surface area contributed by atoms with Crippen LogP contribution in [0, 0.1) is 0 Å². The quantitative estimate of drug-likeness (QED) is 0.906. The Morgan fingerprint density at radius 2 is 2.05 bits per heavy atom. The molecule has 1 amide bonds. The van der Waals surface area contributed by atoms with Crippen LogP contribution in [-0.2, 0) is 6.18 Å². The number of hydrogen-bond acceptors (Lipinski definition) is 2. The van der Waals surface area contributed by atoms with E-state index >= 15 is 0 Å². The maximum absolute atomic E-state index is 12.9. The van der Waals surface area contributed by atoms with Crippen molar-refractivity contribution in [1.82, 2.24) is 10.2 Å². The Kier molecular flexibility index (Phi) is 4.32. The summed E-state index contributed by atoms with van der Waals surface area (Å²) in [4.78, 5) is 13.7. The molecule has 1 fully saturated rings. The molecular weight excluding hydrogens is 269 g/mol. The molecule has 1 heterocycles. The zero-order valence-electron chi connectivity index (χ0n) is 11.2. The second-order valence-corrected chi connectivity index (χ2v) is 4.96. The zero-order chi connectivity index (χ0) is 14.8. The lowest BCUT2D eigenvalue weighted by Crippen LogP contribution is -2.47. The third-order valence-corrected chi connectivity index (χ3v) is 3.60. The van der Waals surface area contributed by atoms with E-state index in [0.717, 1.165) is 25.5 Å². The molecule has 0 aromatic heterocycles. The first kappa shape index (κ1) is 14.8.